The van der Waals surface area contributed by atoms with Crippen LogP contribution in [0.3, 0.4) is 0 Å². The van der Waals surface area contributed by atoms with Gasteiger partial charge >= 0.3 is 0 Å². The predicted molar refractivity (Wildman–Crippen MR) is 110 cm³/mol. The lowest BCUT2D eigenvalue weighted by Crippen LogP contribution is -2.44. The zero-order valence-electron chi connectivity index (χ0n) is 16.3. The molecule has 0 radical (unpaired) electrons. The zero-order valence-corrected chi connectivity index (χ0v) is 17.9. The highest BCUT2D eigenvalue weighted by Crippen LogP contribution is 2.19. The van der Waals surface area contributed by atoms with Crippen molar-refractivity contribution in [1.29, 1.82) is 0 Å². The maximum atomic E-state index is 12.6. The van der Waals surface area contributed by atoms with E-state index < -0.39 is 10.0 Å². The molecule has 1 N–H and O–H groups in total. The molecule has 0 spiro atoms. The molecule has 158 valence electrons. The Morgan fingerprint density at radius 2 is 1.79 bits per heavy atom. The number of carbonyl (C=O) groups excluding carboxylic acids is 1. The monoisotopic (exact) mass is 431 g/mol. The minimum absolute atomic E-state index is 0. The Morgan fingerprint density at radius 1 is 1.18 bits per heavy atom. The van der Waals surface area contributed by atoms with Gasteiger partial charge in [0.25, 0.3) is 0 Å². The third kappa shape index (κ3) is 5.67. The van der Waals surface area contributed by atoms with Crippen LogP contribution in [0.5, 0.6) is 0 Å². The third-order valence-corrected chi connectivity index (χ3v) is 7.32. The molecule has 2 saturated heterocycles. The molecule has 0 saturated carbocycles. The van der Waals surface area contributed by atoms with Gasteiger partial charge in [-0.1, -0.05) is 12.1 Å². The standard InChI is InChI=1S/C19H29N3O4S.ClH/c1-21(17-8-10-20-11-9-17)19(23)7-4-16-2-5-18(6-3-16)27(24,25)22-12-14-26-15-13-22;/h2-3,5-6,17,20H,4,7-15H2,1H3;1H. The summed E-state index contributed by atoms with van der Waals surface area (Å²) in [6.45, 7) is 3.57. The van der Waals surface area contributed by atoms with Gasteiger partial charge in [-0.2, -0.15) is 4.31 Å². The largest absolute Gasteiger partial charge is 0.379 e. The van der Waals surface area contributed by atoms with E-state index >= 15 is 0 Å². The van der Waals surface area contributed by atoms with Crippen LogP contribution in [-0.4, -0.2) is 76.0 Å². The Bertz CT molecular complexity index is 730. The summed E-state index contributed by atoms with van der Waals surface area (Å²) < 4.78 is 32.0. The number of rotatable bonds is 6. The molecule has 7 nitrogen and oxygen atoms in total. The van der Waals surface area contributed by atoms with Crippen molar-refractivity contribution in [2.45, 2.75) is 36.6 Å². The molecule has 1 amide bonds. The fraction of sp³-hybridized carbons (Fsp3) is 0.632. The lowest BCUT2D eigenvalue weighted by atomic mass is 10.0. The van der Waals surface area contributed by atoms with Gasteiger partial charge in [0, 0.05) is 32.6 Å². The average molecular weight is 432 g/mol. The van der Waals surface area contributed by atoms with E-state index in [2.05, 4.69) is 5.32 Å². The number of hydrogen-bond acceptors (Lipinski definition) is 5. The van der Waals surface area contributed by atoms with Crippen molar-refractivity contribution in [1.82, 2.24) is 14.5 Å². The van der Waals surface area contributed by atoms with Crippen LogP contribution in [0.4, 0.5) is 0 Å². The third-order valence-electron chi connectivity index (χ3n) is 5.41. The summed E-state index contributed by atoms with van der Waals surface area (Å²) in [5.41, 5.74) is 0.975. The van der Waals surface area contributed by atoms with Gasteiger partial charge in [-0.15, -0.1) is 12.4 Å². The molecular formula is C19H30ClN3O4S. The number of piperidine rings is 1. The summed E-state index contributed by atoms with van der Waals surface area (Å²) in [7, 11) is -1.58. The Kier molecular flexibility index (Phi) is 8.70. The van der Waals surface area contributed by atoms with E-state index in [1.54, 1.807) is 12.1 Å². The van der Waals surface area contributed by atoms with Gasteiger partial charge in [-0.3, -0.25) is 4.79 Å². The fourth-order valence-electron chi connectivity index (χ4n) is 3.59. The number of nitrogens with zero attached hydrogens (tertiary/aromatic N) is 2. The van der Waals surface area contributed by atoms with Crippen LogP contribution in [0.2, 0.25) is 0 Å². The van der Waals surface area contributed by atoms with Gasteiger partial charge in [0.2, 0.25) is 15.9 Å². The number of nitrogens with one attached hydrogen (secondary N) is 1. The Labute approximate surface area is 173 Å². The highest BCUT2D eigenvalue weighted by Gasteiger charge is 2.26. The van der Waals surface area contributed by atoms with Gasteiger partial charge < -0.3 is 15.0 Å². The van der Waals surface area contributed by atoms with Gasteiger partial charge in [0.15, 0.2) is 0 Å². The molecule has 0 bridgehead atoms. The summed E-state index contributed by atoms with van der Waals surface area (Å²) in [6.07, 6.45) is 3.05. The number of aryl methyl sites for hydroxylation is 1. The van der Waals surface area contributed by atoms with Crippen molar-refractivity contribution in [2.75, 3.05) is 46.4 Å². The van der Waals surface area contributed by atoms with E-state index in [1.807, 2.05) is 24.1 Å². The molecule has 0 aromatic heterocycles. The van der Waals surface area contributed by atoms with Crippen LogP contribution in [0.15, 0.2) is 29.2 Å². The van der Waals surface area contributed by atoms with E-state index in [1.165, 1.54) is 4.31 Å². The normalized spacial score (nSPS) is 19.0. The number of carbonyl (C=O) groups is 1. The summed E-state index contributed by atoms with van der Waals surface area (Å²) in [5, 5.41) is 3.31. The van der Waals surface area contributed by atoms with E-state index in [9.17, 15) is 13.2 Å². The lowest BCUT2D eigenvalue weighted by molar-refractivity contribution is -0.132. The van der Waals surface area contributed by atoms with Gasteiger partial charge in [-0.05, 0) is 50.0 Å². The first kappa shape index (κ1) is 23.1. The molecule has 0 aliphatic carbocycles. The second-order valence-electron chi connectivity index (χ2n) is 7.15. The number of ether oxygens (including phenoxy) is 1. The molecule has 2 aliphatic heterocycles. The summed E-state index contributed by atoms with van der Waals surface area (Å²) in [4.78, 5) is 14.6. The molecular weight excluding hydrogens is 402 g/mol. The van der Waals surface area contributed by atoms with Crippen LogP contribution in [0, 0.1) is 0 Å². The SMILES string of the molecule is CN(C(=O)CCc1ccc(S(=O)(=O)N2CCOCC2)cc1)C1CCNCC1.Cl. The highest BCUT2D eigenvalue weighted by molar-refractivity contribution is 7.89. The molecule has 0 unspecified atom stereocenters. The van der Waals surface area contributed by atoms with Crippen LogP contribution in [0.1, 0.15) is 24.8 Å². The van der Waals surface area contributed by atoms with Crippen LogP contribution >= 0.6 is 12.4 Å². The smallest absolute Gasteiger partial charge is 0.243 e. The van der Waals surface area contributed by atoms with Crippen molar-refractivity contribution in [3.8, 4) is 0 Å². The van der Waals surface area contributed by atoms with Gasteiger partial charge in [0.05, 0.1) is 18.1 Å². The number of hydrogen-bond donors (Lipinski definition) is 1. The number of halogens is 1. The van der Waals surface area contributed by atoms with Crippen molar-refractivity contribution in [2.24, 2.45) is 0 Å². The predicted octanol–water partition coefficient (Wildman–Crippen LogP) is 1.27. The van der Waals surface area contributed by atoms with E-state index in [0.29, 0.717) is 50.1 Å². The number of benzene rings is 1. The second kappa shape index (κ2) is 10.5. The molecule has 1 aromatic rings. The first-order valence-corrected chi connectivity index (χ1v) is 11.1. The molecule has 28 heavy (non-hydrogen) atoms. The van der Waals surface area contributed by atoms with E-state index in [-0.39, 0.29) is 18.3 Å². The zero-order chi connectivity index (χ0) is 19.3. The highest BCUT2D eigenvalue weighted by atomic mass is 35.5. The quantitative estimate of drug-likeness (QED) is 0.733. The molecule has 2 heterocycles. The summed E-state index contributed by atoms with van der Waals surface area (Å²) in [5.74, 6) is 0.145. The first-order chi connectivity index (χ1) is 13.0. The van der Waals surface area contributed by atoms with Gasteiger partial charge in [-0.25, -0.2) is 8.42 Å². The maximum Gasteiger partial charge on any atom is 0.243 e. The molecule has 1 aromatic carbocycles. The minimum atomic E-state index is -3.47. The van der Waals surface area contributed by atoms with Crippen molar-refractivity contribution in [3.05, 3.63) is 29.8 Å². The van der Waals surface area contributed by atoms with E-state index in [4.69, 9.17) is 4.74 Å². The Hall–Kier alpha value is -1.19. The second-order valence-corrected chi connectivity index (χ2v) is 9.08. The Balaban J connectivity index is 0.00000280. The average Bonchev–Trinajstić information content (AvgIpc) is 2.73. The van der Waals surface area contributed by atoms with Crippen molar-refractivity contribution in [3.63, 3.8) is 0 Å². The lowest BCUT2D eigenvalue weighted by Gasteiger charge is -2.31. The number of morpholine rings is 1. The molecule has 2 fully saturated rings. The van der Waals surface area contributed by atoms with Crippen LogP contribution in [-0.2, 0) is 26.0 Å². The van der Waals surface area contributed by atoms with Crippen LogP contribution in [0.25, 0.3) is 0 Å². The first-order valence-electron chi connectivity index (χ1n) is 9.62. The molecule has 0 atom stereocenters. The molecule has 3 rings (SSSR count). The molecule has 9 heteroatoms. The van der Waals surface area contributed by atoms with Crippen molar-refractivity contribution < 1.29 is 17.9 Å². The maximum absolute atomic E-state index is 12.6. The van der Waals surface area contributed by atoms with E-state index in [0.717, 1.165) is 31.5 Å². The fourth-order valence-corrected chi connectivity index (χ4v) is 5.00. The summed E-state index contributed by atoms with van der Waals surface area (Å²) >= 11 is 0. The number of amides is 1. The minimum Gasteiger partial charge on any atom is -0.379 e. The Morgan fingerprint density at radius 3 is 2.39 bits per heavy atom. The van der Waals surface area contributed by atoms with Crippen molar-refractivity contribution >= 4 is 28.3 Å². The van der Waals surface area contributed by atoms with Crippen LogP contribution < -0.4 is 5.32 Å². The topological polar surface area (TPSA) is 79.0 Å². The summed E-state index contributed by atoms with van der Waals surface area (Å²) in [6, 6.07) is 7.22. The van der Waals surface area contributed by atoms with Gasteiger partial charge in [0.1, 0.15) is 0 Å². The molecule has 2 aliphatic rings. The number of sulfonamides is 1.